The van der Waals surface area contributed by atoms with E-state index in [0.29, 0.717) is 0 Å². The quantitative estimate of drug-likeness (QED) is 0.494. The topological polar surface area (TPSA) is 85.9 Å². The second-order valence-corrected chi connectivity index (χ2v) is 3.21. The van der Waals surface area contributed by atoms with Gasteiger partial charge < -0.3 is 5.48 Å². The zero-order valence-electron chi connectivity index (χ0n) is 5.56. The second-order valence-electron chi connectivity index (χ2n) is 1.79. The molecule has 0 aliphatic heterocycles. The van der Waals surface area contributed by atoms with Gasteiger partial charge in [-0.1, -0.05) is 18.2 Å². The van der Waals surface area contributed by atoms with Gasteiger partial charge in [-0.25, -0.2) is 0 Å². The zero-order valence-corrected chi connectivity index (χ0v) is 6.38. The van der Waals surface area contributed by atoms with Crippen molar-refractivity contribution in [3.8, 4) is 0 Å². The van der Waals surface area contributed by atoms with E-state index in [0.717, 1.165) is 0 Å². The van der Waals surface area contributed by atoms with Crippen LogP contribution in [0.3, 0.4) is 0 Å². The Labute approximate surface area is 101 Å². The Kier molecular flexibility index (Phi) is 7.31. The number of hydrogen-bond donors (Lipinski definition) is 1. The Balaban J connectivity index is 0. The Morgan fingerprint density at radius 1 is 1.08 bits per heavy atom. The van der Waals surface area contributed by atoms with Crippen molar-refractivity contribution in [2.24, 2.45) is 0 Å². The molecule has 0 spiro atoms. The maximum absolute atomic E-state index is 10.4. The number of rotatable bonds is 1. The molecule has 66 valence electrons. The molecule has 3 N–H and O–H groups in total. The molecule has 6 heteroatoms. The van der Waals surface area contributed by atoms with Crippen molar-refractivity contribution < 1.29 is 18.4 Å². The average Bonchev–Trinajstić information content (AvgIpc) is 1.88. The molecule has 0 aliphatic rings. The van der Waals surface area contributed by atoms with Gasteiger partial charge in [0, 0.05) is 0 Å². The van der Waals surface area contributed by atoms with Gasteiger partial charge in [-0.15, -0.1) is 0 Å². The van der Waals surface area contributed by atoms with Crippen LogP contribution in [-0.4, -0.2) is 56.2 Å². The fourth-order valence-electron chi connectivity index (χ4n) is 0.592. The van der Waals surface area contributed by atoms with Crippen LogP contribution in [-0.2, 0) is 10.1 Å². The molecule has 1 aromatic rings. The zero-order chi connectivity index (χ0) is 7.61. The van der Waals surface area contributed by atoms with Crippen molar-refractivity contribution in [2.75, 3.05) is 0 Å². The molecule has 0 fully saturated rings. The summed E-state index contributed by atoms with van der Waals surface area (Å²) in [6.07, 6.45) is 0. The van der Waals surface area contributed by atoms with E-state index in [9.17, 15) is 8.42 Å². The summed E-state index contributed by atoms with van der Waals surface area (Å²) in [4.78, 5) is -0.0741. The van der Waals surface area contributed by atoms with E-state index in [1.54, 1.807) is 18.2 Å². The molecule has 0 saturated carbocycles. The Morgan fingerprint density at radius 3 is 1.75 bits per heavy atom. The molecule has 1 rings (SSSR count). The van der Waals surface area contributed by atoms with Gasteiger partial charge in [0.1, 0.15) is 0 Å². The third kappa shape index (κ3) is 4.39. The molecule has 0 amide bonds. The van der Waals surface area contributed by atoms with E-state index in [1.807, 2.05) is 0 Å². The van der Waals surface area contributed by atoms with Crippen molar-refractivity contribution in [1.29, 1.82) is 0 Å². The van der Waals surface area contributed by atoms with Crippen LogP contribution < -0.4 is 0 Å². The van der Waals surface area contributed by atoms with Crippen molar-refractivity contribution >= 4 is 47.9 Å². The van der Waals surface area contributed by atoms with E-state index in [1.165, 1.54) is 12.1 Å². The third-order valence-corrected chi connectivity index (χ3v) is 1.91. The SMILES string of the molecule is O.O=S(=O)(O)c1ccccc1.[CaH2]. The molecule has 4 nitrogen and oxygen atoms in total. The summed E-state index contributed by atoms with van der Waals surface area (Å²) in [5.41, 5.74) is 0. The standard InChI is InChI=1S/C6H6O3S.Ca.H2O.2H/c7-10(8,9)6-4-2-1-3-5-6;;;;/h1-5H,(H,7,8,9);;1H2;;. The summed E-state index contributed by atoms with van der Waals surface area (Å²) in [5, 5.41) is 0. The summed E-state index contributed by atoms with van der Waals surface area (Å²) in [6.45, 7) is 0. The molecule has 0 aliphatic carbocycles. The van der Waals surface area contributed by atoms with Gasteiger partial charge in [-0.2, -0.15) is 8.42 Å². The number of benzene rings is 1. The van der Waals surface area contributed by atoms with E-state index >= 15 is 0 Å². The molecule has 0 unspecified atom stereocenters. The van der Waals surface area contributed by atoms with Crippen LogP contribution in [0.25, 0.3) is 0 Å². The van der Waals surface area contributed by atoms with E-state index in [2.05, 4.69) is 0 Å². The van der Waals surface area contributed by atoms with Gasteiger partial charge in [-0.05, 0) is 12.1 Å². The summed E-state index contributed by atoms with van der Waals surface area (Å²) in [5.74, 6) is 0. The molecule has 0 bridgehead atoms. The maximum atomic E-state index is 10.4. The Hall–Kier alpha value is 0.350. The van der Waals surface area contributed by atoms with Crippen LogP contribution in [0.5, 0.6) is 0 Å². The summed E-state index contributed by atoms with van der Waals surface area (Å²) >= 11 is 0. The van der Waals surface area contributed by atoms with Gasteiger partial charge >= 0.3 is 37.7 Å². The first-order chi connectivity index (χ1) is 4.61. The third-order valence-electron chi connectivity index (χ3n) is 1.04. The molecular weight excluding hydrogens is 208 g/mol. The molecular formula is C6H10CaO4S. The number of hydrogen-bond acceptors (Lipinski definition) is 2. The molecule has 0 aromatic heterocycles. The molecule has 0 saturated heterocycles. The first kappa shape index (κ1) is 14.9. The van der Waals surface area contributed by atoms with Crippen LogP contribution in [0.4, 0.5) is 0 Å². The van der Waals surface area contributed by atoms with Gasteiger partial charge in [-0.3, -0.25) is 4.55 Å². The van der Waals surface area contributed by atoms with Crippen LogP contribution >= 0.6 is 0 Å². The van der Waals surface area contributed by atoms with Crippen LogP contribution in [0.2, 0.25) is 0 Å². The molecule has 0 atom stereocenters. The van der Waals surface area contributed by atoms with Gasteiger partial charge in [0.15, 0.2) is 0 Å². The normalized spacial score (nSPS) is 9.42. The van der Waals surface area contributed by atoms with Crippen molar-refractivity contribution in [3.05, 3.63) is 30.3 Å². The summed E-state index contributed by atoms with van der Waals surface area (Å²) in [6, 6.07) is 7.42. The first-order valence-corrected chi connectivity index (χ1v) is 4.07. The molecule has 12 heavy (non-hydrogen) atoms. The van der Waals surface area contributed by atoms with Gasteiger partial charge in [0.25, 0.3) is 10.1 Å². The Morgan fingerprint density at radius 2 is 1.50 bits per heavy atom. The molecule has 0 heterocycles. The van der Waals surface area contributed by atoms with Gasteiger partial charge in [0.2, 0.25) is 0 Å². The van der Waals surface area contributed by atoms with Crippen molar-refractivity contribution in [1.82, 2.24) is 0 Å². The van der Waals surface area contributed by atoms with Crippen molar-refractivity contribution in [3.63, 3.8) is 0 Å². The fraction of sp³-hybridized carbons (Fsp3) is 0. The Bertz CT molecular complexity index is 308. The van der Waals surface area contributed by atoms with E-state index < -0.39 is 10.1 Å². The van der Waals surface area contributed by atoms with Gasteiger partial charge in [0.05, 0.1) is 4.90 Å². The minimum absolute atomic E-state index is 0. The van der Waals surface area contributed by atoms with E-state index in [4.69, 9.17) is 4.55 Å². The van der Waals surface area contributed by atoms with Crippen LogP contribution in [0.15, 0.2) is 35.2 Å². The average molecular weight is 218 g/mol. The summed E-state index contributed by atoms with van der Waals surface area (Å²) in [7, 11) is -4.00. The predicted molar refractivity (Wildman–Crippen MR) is 48.4 cm³/mol. The molecule has 0 radical (unpaired) electrons. The second kappa shape index (κ2) is 5.90. The fourth-order valence-corrected chi connectivity index (χ4v) is 1.09. The minimum atomic E-state index is -4.00. The summed E-state index contributed by atoms with van der Waals surface area (Å²) < 4.78 is 29.2. The predicted octanol–water partition coefficient (Wildman–Crippen LogP) is -0.808. The van der Waals surface area contributed by atoms with Crippen molar-refractivity contribution in [2.45, 2.75) is 4.90 Å². The van der Waals surface area contributed by atoms with E-state index in [-0.39, 0.29) is 48.1 Å². The monoisotopic (exact) mass is 218 g/mol. The van der Waals surface area contributed by atoms with Crippen LogP contribution in [0, 0.1) is 0 Å². The molecule has 1 aromatic carbocycles. The van der Waals surface area contributed by atoms with Crippen LogP contribution in [0.1, 0.15) is 0 Å². The first-order valence-electron chi connectivity index (χ1n) is 2.63.